The normalized spacial score (nSPS) is 25.4. The van der Waals surface area contributed by atoms with E-state index < -0.39 is 46.8 Å². The molecule has 1 saturated carbocycles. The zero-order valence-electron chi connectivity index (χ0n) is 30.1. The minimum atomic E-state index is -1.51. The Morgan fingerprint density at radius 1 is 0.732 bits per heavy atom. The molecule has 4 amide bonds. The number of hydrogen-bond donors (Lipinski definition) is 2. The van der Waals surface area contributed by atoms with Crippen LogP contribution in [-0.4, -0.2) is 35.8 Å². The van der Waals surface area contributed by atoms with Crippen molar-refractivity contribution in [2.45, 2.75) is 24.2 Å². The molecule has 5 aromatic carbocycles. The summed E-state index contributed by atoms with van der Waals surface area (Å²) in [6.45, 7) is 0. The van der Waals surface area contributed by atoms with Gasteiger partial charge in [-0.1, -0.05) is 89.4 Å². The number of imide groups is 2. The van der Waals surface area contributed by atoms with Crippen LogP contribution < -0.4 is 19.9 Å². The number of methoxy groups -OCH3 is 1. The first-order valence-electron chi connectivity index (χ1n) is 18.4. The fourth-order valence-corrected chi connectivity index (χ4v) is 10.1. The maximum absolute atomic E-state index is 15.5. The van der Waals surface area contributed by atoms with Crippen LogP contribution in [0.1, 0.15) is 29.9 Å². The molecule has 2 aliphatic heterocycles. The van der Waals surface area contributed by atoms with Crippen LogP contribution in [0.2, 0.25) is 10.0 Å². The standard InChI is InChI=1S/C45H35Cl2N3O6/c1-56-37-22-25(21-36(47)40(37)51)39-32-19-20-33-38(43(54)49(41(33)52)30-17-15-29(16-18-30)48-28-12-6-3-7-13-28)34(32)24-35-42(53)50(31-14-8-11-27(46)23-31)44(55)45(35,39)26-9-4-2-5-10-26/h2-19,21-23,33-35,38-39,48,51H,20,24H2,1H3. The summed E-state index contributed by atoms with van der Waals surface area (Å²) < 4.78 is 5.56. The molecule has 2 N–H and O–H groups in total. The Labute approximate surface area is 333 Å². The average molecular weight is 785 g/mol. The largest absolute Gasteiger partial charge is 0.503 e. The lowest BCUT2D eigenvalue weighted by molar-refractivity contribution is -0.127. The van der Waals surface area contributed by atoms with Crippen LogP contribution in [0.15, 0.2) is 133 Å². The van der Waals surface area contributed by atoms with Crippen LogP contribution >= 0.6 is 23.2 Å². The Kier molecular flexibility index (Phi) is 8.75. The van der Waals surface area contributed by atoms with E-state index in [9.17, 15) is 14.7 Å². The van der Waals surface area contributed by atoms with Crippen LogP contribution in [0, 0.1) is 23.7 Å². The van der Waals surface area contributed by atoms with Crippen molar-refractivity contribution < 1.29 is 29.0 Å². The number of para-hydroxylation sites is 1. The molecular weight excluding hydrogens is 749 g/mol. The molecule has 2 heterocycles. The van der Waals surface area contributed by atoms with Crippen molar-refractivity contribution in [3.63, 3.8) is 0 Å². The minimum Gasteiger partial charge on any atom is -0.503 e. The second-order valence-corrected chi connectivity index (χ2v) is 15.5. The van der Waals surface area contributed by atoms with Crippen LogP contribution in [0.4, 0.5) is 22.7 Å². The molecule has 3 fully saturated rings. The number of carbonyl (C=O) groups is 4. The quantitative estimate of drug-likeness (QED) is 0.125. The van der Waals surface area contributed by atoms with Crippen molar-refractivity contribution in [3.05, 3.63) is 154 Å². The highest BCUT2D eigenvalue weighted by Gasteiger charge is 2.70. The Bertz CT molecular complexity index is 2460. The number of nitrogens with one attached hydrogen (secondary N) is 1. The second kappa shape index (κ2) is 13.7. The summed E-state index contributed by atoms with van der Waals surface area (Å²) in [6.07, 6.45) is 2.36. The Morgan fingerprint density at radius 2 is 1.43 bits per heavy atom. The predicted octanol–water partition coefficient (Wildman–Crippen LogP) is 8.82. The number of phenolic OH excluding ortho intramolecular Hbond substituents is 1. The lowest BCUT2D eigenvalue weighted by Gasteiger charge is -2.50. The lowest BCUT2D eigenvalue weighted by atomic mass is 9.49. The number of hydrogen-bond acceptors (Lipinski definition) is 7. The van der Waals surface area contributed by atoms with Gasteiger partial charge in [0.25, 0.3) is 0 Å². The van der Waals surface area contributed by atoms with Crippen LogP contribution in [0.3, 0.4) is 0 Å². The number of anilines is 4. The van der Waals surface area contributed by atoms with Crippen LogP contribution in [0.5, 0.6) is 11.5 Å². The van der Waals surface area contributed by atoms with Gasteiger partial charge in [-0.2, -0.15) is 0 Å². The molecule has 9 rings (SSSR count). The molecule has 280 valence electrons. The maximum Gasteiger partial charge on any atom is 0.246 e. The summed E-state index contributed by atoms with van der Waals surface area (Å²) in [4.78, 5) is 62.0. The van der Waals surface area contributed by atoms with Crippen molar-refractivity contribution >= 4 is 69.6 Å². The second-order valence-electron chi connectivity index (χ2n) is 14.7. The van der Waals surface area contributed by atoms with E-state index in [4.69, 9.17) is 27.9 Å². The minimum absolute atomic E-state index is 0.00230. The van der Waals surface area contributed by atoms with Crippen molar-refractivity contribution in [1.82, 2.24) is 0 Å². The van der Waals surface area contributed by atoms with E-state index in [1.54, 1.807) is 48.5 Å². The molecule has 4 aliphatic rings. The van der Waals surface area contributed by atoms with Crippen molar-refractivity contribution in [3.8, 4) is 11.5 Å². The molecule has 6 unspecified atom stereocenters. The third kappa shape index (κ3) is 5.36. The number of amides is 4. The number of carbonyl (C=O) groups excluding carboxylic acids is 4. The van der Waals surface area contributed by atoms with E-state index in [-0.39, 0.29) is 41.2 Å². The van der Waals surface area contributed by atoms with Gasteiger partial charge in [0.1, 0.15) is 0 Å². The number of phenols is 1. The maximum atomic E-state index is 15.5. The van der Waals surface area contributed by atoms with Gasteiger partial charge < -0.3 is 15.2 Å². The summed E-state index contributed by atoms with van der Waals surface area (Å²) in [5, 5.41) is 14.5. The lowest BCUT2D eigenvalue weighted by Crippen LogP contribution is -2.53. The molecule has 2 aliphatic carbocycles. The molecule has 0 bridgehead atoms. The number of ether oxygens (including phenoxy) is 1. The first-order chi connectivity index (χ1) is 27.1. The summed E-state index contributed by atoms with van der Waals surface area (Å²) in [6, 6.07) is 35.9. The summed E-state index contributed by atoms with van der Waals surface area (Å²) in [5.41, 5.74) is 2.87. The Morgan fingerprint density at radius 3 is 2.12 bits per heavy atom. The first-order valence-corrected chi connectivity index (χ1v) is 19.1. The van der Waals surface area contributed by atoms with E-state index in [2.05, 4.69) is 5.32 Å². The van der Waals surface area contributed by atoms with Crippen molar-refractivity contribution in [2.24, 2.45) is 23.7 Å². The number of aromatic hydroxyl groups is 1. The number of fused-ring (bicyclic) bond motifs is 4. The van der Waals surface area contributed by atoms with Crippen molar-refractivity contribution in [1.29, 1.82) is 0 Å². The van der Waals surface area contributed by atoms with Crippen LogP contribution in [-0.2, 0) is 24.6 Å². The highest BCUT2D eigenvalue weighted by atomic mass is 35.5. The molecule has 0 radical (unpaired) electrons. The highest BCUT2D eigenvalue weighted by molar-refractivity contribution is 6.33. The smallest absolute Gasteiger partial charge is 0.246 e. The zero-order chi connectivity index (χ0) is 38.9. The number of nitrogens with zero attached hydrogens (tertiary/aromatic N) is 2. The van der Waals surface area contributed by atoms with E-state index in [0.29, 0.717) is 27.5 Å². The molecule has 56 heavy (non-hydrogen) atoms. The van der Waals surface area contributed by atoms with Gasteiger partial charge in [-0.3, -0.25) is 24.1 Å². The molecule has 5 aromatic rings. The predicted molar refractivity (Wildman–Crippen MR) is 214 cm³/mol. The van der Waals surface area contributed by atoms with Gasteiger partial charge in [-0.15, -0.1) is 0 Å². The van der Waals surface area contributed by atoms with Gasteiger partial charge in [0, 0.05) is 22.3 Å². The van der Waals surface area contributed by atoms with E-state index in [1.165, 1.54) is 16.9 Å². The summed E-state index contributed by atoms with van der Waals surface area (Å²) >= 11 is 13.1. The highest BCUT2D eigenvalue weighted by Crippen LogP contribution is 2.65. The van der Waals surface area contributed by atoms with Gasteiger partial charge in [-0.05, 0) is 96.6 Å². The molecule has 11 heteroatoms. The van der Waals surface area contributed by atoms with Crippen molar-refractivity contribution in [2.75, 3.05) is 22.2 Å². The molecule has 0 spiro atoms. The number of rotatable bonds is 7. The monoisotopic (exact) mass is 783 g/mol. The van der Waals surface area contributed by atoms with E-state index in [0.717, 1.165) is 16.9 Å². The van der Waals surface area contributed by atoms with E-state index >= 15 is 9.59 Å². The first kappa shape index (κ1) is 35.8. The third-order valence-corrected chi connectivity index (χ3v) is 12.5. The third-order valence-electron chi connectivity index (χ3n) is 12.0. The number of allylic oxidation sites excluding steroid dienone is 2. The number of benzene rings is 5. The Balaban J connectivity index is 1.19. The topological polar surface area (TPSA) is 116 Å². The van der Waals surface area contributed by atoms with E-state index in [1.807, 2.05) is 78.9 Å². The van der Waals surface area contributed by atoms with Gasteiger partial charge in [0.05, 0.1) is 46.7 Å². The van der Waals surface area contributed by atoms with Gasteiger partial charge in [-0.25, -0.2) is 4.90 Å². The molecular formula is C45H35Cl2N3O6. The summed E-state index contributed by atoms with van der Waals surface area (Å²) in [7, 11) is 1.41. The Hall–Kier alpha value is -5.90. The molecule has 9 nitrogen and oxygen atoms in total. The molecule has 2 saturated heterocycles. The molecule has 0 aromatic heterocycles. The number of halogens is 2. The zero-order valence-corrected chi connectivity index (χ0v) is 31.6. The van der Waals surface area contributed by atoms with Gasteiger partial charge in [0.2, 0.25) is 23.6 Å². The van der Waals surface area contributed by atoms with Gasteiger partial charge >= 0.3 is 0 Å². The average Bonchev–Trinajstić information content (AvgIpc) is 3.60. The fraction of sp³-hybridized carbons (Fsp3) is 0.200. The molecule has 6 atom stereocenters. The van der Waals surface area contributed by atoms with Gasteiger partial charge in [0.15, 0.2) is 11.5 Å². The SMILES string of the molecule is COc1cc(C2C3=CCC4C(=O)N(c5ccc(Nc6ccccc6)cc5)C(=O)C4C3CC3C(=O)N(c4cccc(Cl)c4)C(=O)C32c2ccccc2)cc(Cl)c1O. The fourth-order valence-electron chi connectivity index (χ4n) is 9.67. The van der Waals surface area contributed by atoms with Crippen LogP contribution in [0.25, 0.3) is 0 Å². The summed E-state index contributed by atoms with van der Waals surface area (Å²) in [5.74, 6) is -5.56.